The minimum atomic E-state index is -4.18. The molecule has 230 valence electrons. The number of carbonyl (C=O) groups excluding carboxylic acids is 2. The third-order valence-electron chi connectivity index (χ3n) is 7.64. The van der Waals surface area contributed by atoms with Crippen LogP contribution in [0.1, 0.15) is 51.0 Å². The maximum Gasteiger partial charge on any atom is 0.264 e. The molecule has 1 aliphatic rings. The van der Waals surface area contributed by atoms with Gasteiger partial charge in [0.15, 0.2) is 0 Å². The quantitative estimate of drug-likeness (QED) is 0.244. The summed E-state index contributed by atoms with van der Waals surface area (Å²) in [7, 11) is -2.68. The molecule has 3 aromatic carbocycles. The van der Waals surface area contributed by atoms with E-state index in [4.69, 9.17) is 27.9 Å². The average Bonchev–Trinajstić information content (AvgIpc) is 3.02. The molecule has 0 saturated heterocycles. The number of benzene rings is 3. The molecule has 0 radical (unpaired) electrons. The lowest BCUT2D eigenvalue weighted by molar-refractivity contribution is -0.140. The Labute approximate surface area is 264 Å². The third kappa shape index (κ3) is 8.22. The van der Waals surface area contributed by atoms with Gasteiger partial charge in [0.1, 0.15) is 18.3 Å². The first-order valence-electron chi connectivity index (χ1n) is 14.4. The minimum absolute atomic E-state index is 0.00284. The van der Waals surface area contributed by atoms with Gasteiger partial charge < -0.3 is 15.0 Å². The fourth-order valence-electron chi connectivity index (χ4n) is 5.30. The fourth-order valence-corrected chi connectivity index (χ4v) is 7.03. The number of hydrogen-bond acceptors (Lipinski definition) is 5. The van der Waals surface area contributed by atoms with Crippen molar-refractivity contribution >= 4 is 50.7 Å². The van der Waals surface area contributed by atoms with Crippen LogP contribution in [-0.2, 0) is 26.2 Å². The molecule has 0 aliphatic heterocycles. The lowest BCUT2D eigenvalue weighted by Gasteiger charge is -2.34. The molecule has 1 aliphatic carbocycles. The molecular weight excluding hydrogens is 609 g/mol. The highest BCUT2D eigenvalue weighted by Crippen LogP contribution is 2.28. The van der Waals surface area contributed by atoms with Crippen LogP contribution >= 0.6 is 23.2 Å². The topological polar surface area (TPSA) is 96.0 Å². The zero-order valence-electron chi connectivity index (χ0n) is 24.3. The maximum absolute atomic E-state index is 14.2. The molecule has 11 heteroatoms. The molecule has 4 rings (SSSR count). The van der Waals surface area contributed by atoms with E-state index < -0.39 is 28.5 Å². The number of nitrogens with one attached hydrogen (secondary N) is 1. The number of sulfonamides is 1. The van der Waals surface area contributed by atoms with E-state index >= 15 is 0 Å². The molecule has 3 aromatic rings. The van der Waals surface area contributed by atoms with E-state index in [1.165, 1.54) is 24.1 Å². The van der Waals surface area contributed by atoms with Gasteiger partial charge in [-0.25, -0.2) is 8.42 Å². The van der Waals surface area contributed by atoms with E-state index in [0.29, 0.717) is 33.5 Å². The Bertz CT molecular complexity index is 1500. The first kappa shape index (κ1) is 32.6. The molecule has 1 fully saturated rings. The van der Waals surface area contributed by atoms with Gasteiger partial charge >= 0.3 is 0 Å². The van der Waals surface area contributed by atoms with E-state index in [0.717, 1.165) is 36.4 Å². The van der Waals surface area contributed by atoms with Gasteiger partial charge in [-0.3, -0.25) is 13.9 Å². The minimum Gasteiger partial charge on any atom is -0.497 e. The van der Waals surface area contributed by atoms with E-state index in [1.807, 2.05) is 6.92 Å². The molecule has 0 spiro atoms. The number of hydrogen-bond donors (Lipinski definition) is 1. The van der Waals surface area contributed by atoms with Crippen molar-refractivity contribution in [1.82, 2.24) is 10.2 Å². The zero-order chi connectivity index (χ0) is 31.0. The second kappa shape index (κ2) is 14.9. The second-order valence-corrected chi connectivity index (χ2v) is 13.2. The molecule has 2 amide bonds. The summed E-state index contributed by atoms with van der Waals surface area (Å²) in [6, 6.07) is 18.7. The van der Waals surface area contributed by atoms with Crippen molar-refractivity contribution in [3.63, 3.8) is 0 Å². The highest BCUT2D eigenvalue weighted by molar-refractivity contribution is 7.92. The Morgan fingerprint density at radius 2 is 1.63 bits per heavy atom. The van der Waals surface area contributed by atoms with E-state index in [9.17, 15) is 18.0 Å². The normalized spacial score (nSPS) is 14.5. The van der Waals surface area contributed by atoms with Crippen LogP contribution in [0.25, 0.3) is 0 Å². The summed E-state index contributed by atoms with van der Waals surface area (Å²) in [5.41, 5.74) is 0.983. The van der Waals surface area contributed by atoms with Gasteiger partial charge in [-0.05, 0) is 73.4 Å². The van der Waals surface area contributed by atoms with E-state index in [1.54, 1.807) is 60.7 Å². The predicted molar refractivity (Wildman–Crippen MR) is 170 cm³/mol. The Balaban J connectivity index is 1.70. The van der Waals surface area contributed by atoms with Crippen molar-refractivity contribution in [2.24, 2.45) is 0 Å². The number of para-hydroxylation sites is 1. The van der Waals surface area contributed by atoms with Crippen LogP contribution < -0.4 is 14.4 Å². The Morgan fingerprint density at radius 3 is 2.23 bits per heavy atom. The monoisotopic (exact) mass is 645 g/mol. The van der Waals surface area contributed by atoms with Crippen LogP contribution in [0.15, 0.2) is 77.7 Å². The van der Waals surface area contributed by atoms with Gasteiger partial charge in [-0.15, -0.1) is 0 Å². The summed E-state index contributed by atoms with van der Waals surface area (Å²) >= 11 is 12.4. The molecule has 0 heterocycles. The van der Waals surface area contributed by atoms with Crippen molar-refractivity contribution in [2.75, 3.05) is 18.0 Å². The number of carbonyl (C=O) groups is 2. The van der Waals surface area contributed by atoms with Crippen molar-refractivity contribution in [2.45, 2.75) is 69.0 Å². The van der Waals surface area contributed by atoms with Gasteiger partial charge in [0.2, 0.25) is 11.8 Å². The average molecular weight is 647 g/mol. The molecule has 0 unspecified atom stereocenters. The summed E-state index contributed by atoms with van der Waals surface area (Å²) < 4.78 is 34.2. The molecule has 8 nitrogen and oxygen atoms in total. The summed E-state index contributed by atoms with van der Waals surface area (Å²) in [5.74, 6) is -0.284. The van der Waals surface area contributed by atoms with Crippen LogP contribution in [0.2, 0.25) is 10.0 Å². The van der Waals surface area contributed by atoms with Crippen LogP contribution in [-0.4, -0.2) is 50.9 Å². The van der Waals surface area contributed by atoms with Gasteiger partial charge in [0, 0.05) is 12.6 Å². The number of rotatable bonds is 12. The third-order valence-corrected chi connectivity index (χ3v) is 10.2. The second-order valence-electron chi connectivity index (χ2n) is 10.6. The van der Waals surface area contributed by atoms with Crippen LogP contribution in [0.3, 0.4) is 0 Å². The van der Waals surface area contributed by atoms with E-state index in [-0.39, 0.29) is 23.4 Å². The van der Waals surface area contributed by atoms with Crippen molar-refractivity contribution in [1.29, 1.82) is 0 Å². The largest absolute Gasteiger partial charge is 0.497 e. The smallest absolute Gasteiger partial charge is 0.264 e. The van der Waals surface area contributed by atoms with Gasteiger partial charge in [-0.2, -0.15) is 0 Å². The van der Waals surface area contributed by atoms with Crippen molar-refractivity contribution in [3.8, 4) is 5.75 Å². The molecule has 43 heavy (non-hydrogen) atoms. The van der Waals surface area contributed by atoms with Crippen molar-refractivity contribution in [3.05, 3.63) is 88.4 Å². The predicted octanol–water partition coefficient (Wildman–Crippen LogP) is 6.45. The van der Waals surface area contributed by atoms with Crippen LogP contribution in [0.4, 0.5) is 5.69 Å². The Kier molecular flexibility index (Phi) is 11.3. The zero-order valence-corrected chi connectivity index (χ0v) is 26.7. The number of amides is 2. The SMILES string of the molecule is CC[C@H](C(=O)NC1CCCCC1)N(Cc1ccc(Cl)c(Cl)c1)C(=O)CN(c1ccccc1)S(=O)(=O)c1ccc(OC)cc1. The lowest BCUT2D eigenvalue weighted by Crippen LogP contribution is -2.54. The molecule has 1 saturated carbocycles. The van der Waals surface area contributed by atoms with Gasteiger partial charge in [-0.1, -0.05) is 73.7 Å². The Hall–Kier alpha value is -3.27. The Morgan fingerprint density at radius 1 is 0.953 bits per heavy atom. The molecule has 0 aromatic heterocycles. The summed E-state index contributed by atoms with van der Waals surface area (Å²) in [5, 5.41) is 3.83. The molecule has 1 N–H and O–H groups in total. The number of halogens is 2. The number of methoxy groups -OCH3 is 1. The summed E-state index contributed by atoms with van der Waals surface area (Å²) in [6.07, 6.45) is 5.35. The highest BCUT2D eigenvalue weighted by atomic mass is 35.5. The fraction of sp³-hybridized carbons (Fsp3) is 0.375. The van der Waals surface area contributed by atoms with Gasteiger partial charge in [0.25, 0.3) is 10.0 Å². The number of anilines is 1. The summed E-state index contributed by atoms with van der Waals surface area (Å²) in [6.45, 7) is 1.35. The lowest BCUT2D eigenvalue weighted by atomic mass is 9.95. The molecular formula is C32H37Cl2N3O5S. The highest BCUT2D eigenvalue weighted by Gasteiger charge is 2.34. The molecule has 1 atom stereocenters. The first-order valence-corrected chi connectivity index (χ1v) is 16.6. The van der Waals surface area contributed by atoms with Gasteiger partial charge in [0.05, 0.1) is 27.7 Å². The first-order chi connectivity index (χ1) is 20.6. The van der Waals surface area contributed by atoms with Crippen LogP contribution in [0.5, 0.6) is 5.75 Å². The number of ether oxygens (including phenoxy) is 1. The maximum atomic E-state index is 14.2. The van der Waals surface area contributed by atoms with Crippen LogP contribution in [0, 0.1) is 0 Å². The molecule has 0 bridgehead atoms. The van der Waals surface area contributed by atoms with Crippen molar-refractivity contribution < 1.29 is 22.7 Å². The van der Waals surface area contributed by atoms with E-state index in [2.05, 4.69) is 5.32 Å². The summed E-state index contributed by atoms with van der Waals surface area (Å²) in [4.78, 5) is 29.3. The standard InChI is InChI=1S/C32H37Cl2N3O5S/c1-3-30(32(39)35-24-10-6-4-7-11-24)36(21-23-14-19-28(33)29(34)20-23)31(38)22-37(25-12-8-5-9-13-25)43(40,41)27-17-15-26(42-2)16-18-27/h5,8-9,12-20,24,30H,3-4,6-7,10-11,21-22H2,1-2H3,(H,35,39)/t30-/m1/s1. The number of nitrogens with zero attached hydrogens (tertiary/aromatic N) is 2.